The quantitative estimate of drug-likeness (QED) is 0.813. The number of carbonyl (C=O) groups is 2. The normalized spacial score (nSPS) is 16.3. The van der Waals surface area contributed by atoms with Crippen molar-refractivity contribution in [3.8, 4) is 0 Å². The van der Waals surface area contributed by atoms with Gasteiger partial charge in [-0.1, -0.05) is 23.2 Å². The van der Waals surface area contributed by atoms with Crippen LogP contribution in [0, 0.1) is 0 Å². The first-order chi connectivity index (χ1) is 12.5. The Hall–Kier alpha value is -2.15. The topological polar surface area (TPSA) is 80.3 Å². The maximum Gasteiger partial charge on any atom is 0.269 e. The molecule has 1 aromatic heterocycles. The highest BCUT2D eigenvalue weighted by molar-refractivity contribution is 6.35. The molecule has 0 saturated carbocycles. The van der Waals surface area contributed by atoms with Gasteiger partial charge >= 0.3 is 0 Å². The monoisotopic (exact) mass is 393 g/mol. The fourth-order valence-corrected chi connectivity index (χ4v) is 2.92. The highest BCUT2D eigenvalue weighted by atomic mass is 35.5. The number of amides is 2. The molecule has 0 aliphatic carbocycles. The number of aromatic nitrogens is 1. The van der Waals surface area contributed by atoms with E-state index in [1.807, 2.05) is 0 Å². The number of hydrogen-bond donors (Lipinski definition) is 2. The smallest absolute Gasteiger partial charge is 0.269 e. The molecule has 136 valence electrons. The highest BCUT2D eigenvalue weighted by Crippen LogP contribution is 2.25. The molecular weight excluding hydrogens is 377 g/mol. The van der Waals surface area contributed by atoms with E-state index >= 15 is 0 Å². The van der Waals surface area contributed by atoms with Gasteiger partial charge in [0.2, 0.25) is 0 Å². The average Bonchev–Trinajstić information content (AvgIpc) is 3.16. The Bertz CT molecular complexity index is 823. The highest BCUT2D eigenvalue weighted by Gasteiger charge is 2.18. The summed E-state index contributed by atoms with van der Waals surface area (Å²) in [7, 11) is 0. The zero-order chi connectivity index (χ0) is 18.5. The lowest BCUT2D eigenvalue weighted by Gasteiger charge is -2.11. The molecule has 0 radical (unpaired) electrons. The van der Waals surface area contributed by atoms with E-state index in [4.69, 9.17) is 27.9 Å². The number of carbonyl (C=O) groups excluding carboxylic acids is 2. The molecule has 26 heavy (non-hydrogen) atoms. The zero-order valence-electron chi connectivity index (χ0n) is 13.8. The second-order valence-corrected chi connectivity index (χ2v) is 6.70. The molecule has 1 unspecified atom stereocenters. The van der Waals surface area contributed by atoms with Crippen LogP contribution in [-0.4, -0.2) is 36.1 Å². The van der Waals surface area contributed by atoms with Crippen LogP contribution in [0.5, 0.6) is 0 Å². The molecule has 3 rings (SSSR count). The Balaban J connectivity index is 1.66. The van der Waals surface area contributed by atoms with Crippen molar-refractivity contribution in [3.05, 3.63) is 57.8 Å². The lowest BCUT2D eigenvalue weighted by atomic mass is 10.2. The van der Waals surface area contributed by atoms with E-state index in [1.54, 1.807) is 18.2 Å². The third kappa shape index (κ3) is 4.72. The molecule has 1 aliphatic rings. The van der Waals surface area contributed by atoms with Crippen LogP contribution in [-0.2, 0) is 4.74 Å². The minimum absolute atomic E-state index is 0.0374. The average molecular weight is 394 g/mol. The second-order valence-electron chi connectivity index (χ2n) is 5.85. The lowest BCUT2D eigenvalue weighted by molar-refractivity contribution is 0.0853. The summed E-state index contributed by atoms with van der Waals surface area (Å²) in [4.78, 5) is 28.7. The van der Waals surface area contributed by atoms with Crippen molar-refractivity contribution in [2.24, 2.45) is 0 Å². The molecule has 0 spiro atoms. The first-order valence-electron chi connectivity index (χ1n) is 8.15. The van der Waals surface area contributed by atoms with E-state index in [9.17, 15) is 9.59 Å². The van der Waals surface area contributed by atoms with Crippen molar-refractivity contribution < 1.29 is 14.3 Å². The van der Waals surface area contributed by atoms with Gasteiger partial charge in [0.25, 0.3) is 11.8 Å². The van der Waals surface area contributed by atoms with Crippen LogP contribution in [0.2, 0.25) is 10.0 Å². The van der Waals surface area contributed by atoms with Crippen LogP contribution < -0.4 is 10.6 Å². The molecule has 2 amide bonds. The van der Waals surface area contributed by atoms with Crippen LogP contribution in [0.1, 0.15) is 33.7 Å². The van der Waals surface area contributed by atoms with Gasteiger partial charge in [-0.15, -0.1) is 0 Å². The Labute approximate surface area is 160 Å². The van der Waals surface area contributed by atoms with E-state index in [-0.39, 0.29) is 17.7 Å². The molecule has 8 heteroatoms. The maximum atomic E-state index is 12.4. The Kier molecular flexibility index (Phi) is 6.08. The van der Waals surface area contributed by atoms with Gasteiger partial charge in [0.1, 0.15) is 5.69 Å². The molecule has 0 bridgehead atoms. The fraction of sp³-hybridized carbons (Fsp3) is 0.278. The predicted molar refractivity (Wildman–Crippen MR) is 100.0 cm³/mol. The number of ether oxygens (including phenoxy) is 1. The zero-order valence-corrected chi connectivity index (χ0v) is 15.3. The summed E-state index contributed by atoms with van der Waals surface area (Å²) in [6, 6.07) is 7.72. The number of halogens is 2. The minimum atomic E-state index is -0.412. The predicted octanol–water partition coefficient (Wildman–Crippen LogP) is 3.55. The lowest BCUT2D eigenvalue weighted by Crippen LogP contribution is -2.32. The number of rotatable bonds is 5. The number of nitrogens with one attached hydrogen (secondary N) is 2. The molecule has 6 nitrogen and oxygen atoms in total. The Morgan fingerprint density at radius 3 is 2.81 bits per heavy atom. The molecule has 2 aromatic rings. The molecule has 2 heterocycles. The van der Waals surface area contributed by atoms with Crippen molar-refractivity contribution in [1.29, 1.82) is 0 Å². The van der Waals surface area contributed by atoms with Gasteiger partial charge in [-0.2, -0.15) is 0 Å². The number of benzene rings is 1. The third-order valence-electron chi connectivity index (χ3n) is 3.95. The van der Waals surface area contributed by atoms with Gasteiger partial charge in [0.05, 0.1) is 16.8 Å². The van der Waals surface area contributed by atoms with Crippen LogP contribution in [0.25, 0.3) is 0 Å². The van der Waals surface area contributed by atoms with E-state index in [2.05, 4.69) is 15.6 Å². The summed E-state index contributed by atoms with van der Waals surface area (Å²) in [5, 5.41) is 6.27. The first kappa shape index (κ1) is 18.6. The number of hydrogen-bond acceptors (Lipinski definition) is 4. The molecule has 1 saturated heterocycles. The largest absolute Gasteiger partial charge is 0.376 e. The van der Waals surface area contributed by atoms with Crippen molar-refractivity contribution in [3.63, 3.8) is 0 Å². The molecule has 1 aliphatic heterocycles. The van der Waals surface area contributed by atoms with Crippen LogP contribution >= 0.6 is 23.2 Å². The number of pyridine rings is 1. The first-order valence-corrected chi connectivity index (χ1v) is 8.91. The van der Waals surface area contributed by atoms with E-state index in [1.165, 1.54) is 18.3 Å². The molecule has 1 atom stereocenters. The molecule has 2 N–H and O–H groups in total. The van der Waals surface area contributed by atoms with Gasteiger partial charge in [-0.25, -0.2) is 0 Å². The van der Waals surface area contributed by atoms with Crippen LogP contribution in [0.3, 0.4) is 0 Å². The minimum Gasteiger partial charge on any atom is -0.376 e. The van der Waals surface area contributed by atoms with E-state index in [0.717, 1.165) is 19.4 Å². The maximum absolute atomic E-state index is 12.4. The summed E-state index contributed by atoms with van der Waals surface area (Å²) in [6.45, 7) is 1.15. The summed E-state index contributed by atoms with van der Waals surface area (Å²) >= 11 is 12.0. The van der Waals surface area contributed by atoms with Crippen molar-refractivity contribution in [2.45, 2.75) is 18.9 Å². The second kappa shape index (κ2) is 8.49. The summed E-state index contributed by atoms with van der Waals surface area (Å²) < 4.78 is 5.47. The van der Waals surface area contributed by atoms with Gasteiger partial charge in [0.15, 0.2) is 0 Å². The molecule has 1 fully saturated rings. The SMILES string of the molecule is O=C(Nc1cc(Cl)ccc1Cl)c1ccnc(C(=O)NCC2CCCO2)c1. The number of nitrogens with zero attached hydrogens (tertiary/aromatic N) is 1. The summed E-state index contributed by atoms with van der Waals surface area (Å²) in [5.41, 5.74) is 0.844. The standard InChI is InChI=1S/C18H17Cl2N3O3/c19-12-3-4-14(20)15(9-12)23-17(24)11-5-6-21-16(8-11)18(25)22-10-13-2-1-7-26-13/h3-6,8-9,13H,1-2,7,10H2,(H,22,25)(H,23,24). The van der Waals surface area contributed by atoms with Crippen molar-refractivity contribution >= 4 is 40.7 Å². The van der Waals surface area contributed by atoms with E-state index in [0.29, 0.717) is 27.8 Å². The van der Waals surface area contributed by atoms with E-state index < -0.39 is 5.91 Å². The fourth-order valence-electron chi connectivity index (χ4n) is 2.59. The van der Waals surface area contributed by atoms with Gasteiger partial charge in [-0.05, 0) is 43.2 Å². The third-order valence-corrected chi connectivity index (χ3v) is 4.51. The van der Waals surface area contributed by atoms with Crippen molar-refractivity contribution in [1.82, 2.24) is 10.3 Å². The Morgan fingerprint density at radius 2 is 2.04 bits per heavy atom. The summed E-state index contributed by atoms with van der Waals surface area (Å²) in [6.07, 6.45) is 3.38. The molecular formula is C18H17Cl2N3O3. The van der Waals surface area contributed by atoms with Crippen molar-refractivity contribution in [2.75, 3.05) is 18.5 Å². The van der Waals surface area contributed by atoms with Gasteiger partial charge < -0.3 is 15.4 Å². The Morgan fingerprint density at radius 1 is 1.19 bits per heavy atom. The summed E-state index contributed by atoms with van der Waals surface area (Å²) in [5.74, 6) is -0.763. The van der Waals surface area contributed by atoms with Gasteiger partial charge in [-0.3, -0.25) is 14.6 Å². The van der Waals surface area contributed by atoms with Gasteiger partial charge in [0, 0.05) is 29.9 Å². The van der Waals surface area contributed by atoms with Crippen LogP contribution in [0.15, 0.2) is 36.5 Å². The van der Waals surface area contributed by atoms with Crippen LogP contribution in [0.4, 0.5) is 5.69 Å². The molecule has 1 aromatic carbocycles. The number of anilines is 1.